The molecule has 0 bridgehead atoms. The molecular weight excluding hydrogens is 330 g/mol. The molecule has 0 unspecified atom stereocenters. The monoisotopic (exact) mass is 353 g/mol. The third kappa shape index (κ3) is 5.33. The van der Waals surface area contributed by atoms with Gasteiger partial charge in [-0.15, -0.1) is 0 Å². The Morgan fingerprint density at radius 1 is 1.25 bits per heavy atom. The van der Waals surface area contributed by atoms with Crippen molar-refractivity contribution in [2.75, 3.05) is 11.5 Å². The van der Waals surface area contributed by atoms with Gasteiger partial charge in [0.1, 0.15) is 0 Å². The number of sulfone groups is 1. The van der Waals surface area contributed by atoms with E-state index in [4.69, 9.17) is 4.74 Å². The Morgan fingerprint density at radius 3 is 2.50 bits per heavy atom. The van der Waals surface area contributed by atoms with E-state index in [2.05, 4.69) is 5.32 Å². The highest BCUT2D eigenvalue weighted by atomic mass is 32.2. The summed E-state index contributed by atoms with van der Waals surface area (Å²) in [5.41, 5.74) is 1.03. The van der Waals surface area contributed by atoms with Crippen LogP contribution in [0.25, 0.3) is 0 Å². The van der Waals surface area contributed by atoms with Gasteiger partial charge in [0.25, 0.3) is 5.91 Å². The van der Waals surface area contributed by atoms with Crippen LogP contribution in [0.2, 0.25) is 0 Å². The van der Waals surface area contributed by atoms with Crippen LogP contribution >= 0.6 is 0 Å². The van der Waals surface area contributed by atoms with E-state index < -0.39 is 33.9 Å². The minimum absolute atomic E-state index is 0.00561. The molecule has 1 aliphatic heterocycles. The van der Waals surface area contributed by atoms with Crippen molar-refractivity contribution in [3.63, 3.8) is 0 Å². The molecule has 1 N–H and O–H groups in total. The summed E-state index contributed by atoms with van der Waals surface area (Å²) in [6, 6.07) is 9.20. The van der Waals surface area contributed by atoms with E-state index in [9.17, 15) is 18.0 Å². The third-order valence-electron chi connectivity index (χ3n) is 4.10. The van der Waals surface area contributed by atoms with E-state index in [1.165, 1.54) is 6.92 Å². The lowest BCUT2D eigenvalue weighted by molar-refractivity contribution is -0.155. The zero-order valence-corrected chi connectivity index (χ0v) is 14.7. The van der Waals surface area contributed by atoms with Gasteiger partial charge in [0.15, 0.2) is 15.9 Å². The summed E-state index contributed by atoms with van der Waals surface area (Å²) in [7, 11) is -3.06. The number of benzene rings is 1. The molecule has 24 heavy (non-hydrogen) atoms. The first-order chi connectivity index (χ1) is 11.3. The maximum Gasteiger partial charge on any atom is 0.307 e. The Kier molecular flexibility index (Phi) is 5.99. The van der Waals surface area contributed by atoms with Gasteiger partial charge in [-0.25, -0.2) is 8.42 Å². The van der Waals surface area contributed by atoms with Crippen LogP contribution in [0.3, 0.4) is 0 Å². The normalized spacial score (nSPS) is 21.7. The quantitative estimate of drug-likeness (QED) is 0.781. The smallest absolute Gasteiger partial charge is 0.307 e. The van der Waals surface area contributed by atoms with Gasteiger partial charge in [-0.1, -0.05) is 37.3 Å². The molecule has 6 nitrogen and oxygen atoms in total. The molecule has 132 valence electrons. The predicted octanol–water partition coefficient (Wildman–Crippen LogP) is 1.42. The van der Waals surface area contributed by atoms with Gasteiger partial charge >= 0.3 is 5.97 Å². The zero-order valence-electron chi connectivity index (χ0n) is 13.9. The fraction of sp³-hybridized carbons (Fsp3) is 0.529. The van der Waals surface area contributed by atoms with Gasteiger partial charge in [-0.05, 0) is 24.8 Å². The number of nitrogens with one attached hydrogen (secondary N) is 1. The molecule has 1 saturated heterocycles. The molecule has 7 heteroatoms. The van der Waals surface area contributed by atoms with Crippen LogP contribution in [-0.2, 0) is 24.2 Å². The van der Waals surface area contributed by atoms with Crippen LogP contribution in [0.5, 0.6) is 0 Å². The molecule has 1 aromatic carbocycles. The number of rotatable bonds is 6. The Labute approximate surface area is 142 Å². The van der Waals surface area contributed by atoms with Crippen molar-refractivity contribution in [2.24, 2.45) is 0 Å². The molecule has 0 aromatic heterocycles. The van der Waals surface area contributed by atoms with Gasteiger partial charge < -0.3 is 10.1 Å². The van der Waals surface area contributed by atoms with Crippen LogP contribution in [0, 0.1) is 0 Å². The standard InChI is InChI=1S/C17H23NO5S/c1-12(14-6-4-3-5-7-14)10-16(19)23-13(2)17(20)18-15-8-9-24(21,22)11-15/h3-7,12-13,15H,8-11H2,1-2H3,(H,18,20)/t12-,13-,15-/m1/s1. The molecule has 0 radical (unpaired) electrons. The summed E-state index contributed by atoms with van der Waals surface area (Å²) in [4.78, 5) is 24.0. The molecule has 1 fully saturated rings. The van der Waals surface area contributed by atoms with Crippen LogP contribution < -0.4 is 5.32 Å². The molecule has 0 spiro atoms. The minimum atomic E-state index is -3.06. The van der Waals surface area contributed by atoms with E-state index >= 15 is 0 Å². The molecule has 0 saturated carbocycles. The van der Waals surface area contributed by atoms with E-state index in [0.717, 1.165) is 5.56 Å². The molecular formula is C17H23NO5S. The molecule has 1 aromatic rings. The second-order valence-electron chi connectivity index (χ2n) is 6.26. The lowest BCUT2D eigenvalue weighted by Gasteiger charge is -2.18. The maximum absolute atomic E-state index is 12.0. The SMILES string of the molecule is C[C@H](CC(=O)O[C@H](C)C(=O)N[C@@H]1CCS(=O)(=O)C1)c1ccccc1. The molecule has 3 atom stereocenters. The summed E-state index contributed by atoms with van der Waals surface area (Å²) >= 11 is 0. The zero-order chi connectivity index (χ0) is 17.7. The van der Waals surface area contributed by atoms with E-state index in [1.807, 2.05) is 37.3 Å². The van der Waals surface area contributed by atoms with Crippen molar-refractivity contribution in [3.8, 4) is 0 Å². The van der Waals surface area contributed by atoms with Crippen molar-refractivity contribution >= 4 is 21.7 Å². The van der Waals surface area contributed by atoms with Crippen LogP contribution in [0.15, 0.2) is 30.3 Å². The number of carbonyl (C=O) groups excluding carboxylic acids is 2. The van der Waals surface area contributed by atoms with Gasteiger partial charge in [-0.3, -0.25) is 9.59 Å². The largest absolute Gasteiger partial charge is 0.453 e. The summed E-state index contributed by atoms with van der Waals surface area (Å²) < 4.78 is 27.9. The van der Waals surface area contributed by atoms with Crippen LogP contribution in [0.1, 0.15) is 38.2 Å². The summed E-state index contributed by atoms with van der Waals surface area (Å²) in [5.74, 6) is -0.884. The summed E-state index contributed by atoms with van der Waals surface area (Å²) in [6.07, 6.45) is -0.358. The lowest BCUT2D eigenvalue weighted by Crippen LogP contribution is -2.42. The third-order valence-corrected chi connectivity index (χ3v) is 5.87. The minimum Gasteiger partial charge on any atom is -0.453 e. The summed E-state index contributed by atoms with van der Waals surface area (Å²) in [5, 5.41) is 2.63. The fourth-order valence-corrected chi connectivity index (χ4v) is 4.35. The van der Waals surface area contributed by atoms with E-state index in [-0.39, 0.29) is 23.8 Å². The van der Waals surface area contributed by atoms with Crippen molar-refractivity contribution in [1.29, 1.82) is 0 Å². The van der Waals surface area contributed by atoms with Crippen molar-refractivity contribution in [1.82, 2.24) is 5.32 Å². The van der Waals surface area contributed by atoms with Crippen molar-refractivity contribution < 1.29 is 22.7 Å². The fourth-order valence-electron chi connectivity index (χ4n) is 2.68. The van der Waals surface area contributed by atoms with Crippen molar-refractivity contribution in [3.05, 3.63) is 35.9 Å². The first-order valence-electron chi connectivity index (χ1n) is 8.02. The van der Waals surface area contributed by atoms with Gasteiger partial charge in [0, 0.05) is 6.04 Å². The lowest BCUT2D eigenvalue weighted by atomic mass is 9.98. The van der Waals surface area contributed by atoms with Gasteiger partial charge in [-0.2, -0.15) is 0 Å². The number of ether oxygens (including phenoxy) is 1. The van der Waals surface area contributed by atoms with Gasteiger partial charge in [0.2, 0.25) is 0 Å². The first kappa shape index (κ1) is 18.4. The molecule has 1 aliphatic rings. The van der Waals surface area contributed by atoms with E-state index in [1.54, 1.807) is 0 Å². The van der Waals surface area contributed by atoms with Gasteiger partial charge in [0.05, 0.1) is 17.9 Å². The second kappa shape index (κ2) is 7.79. The Balaban J connectivity index is 1.79. The molecule has 0 aliphatic carbocycles. The highest BCUT2D eigenvalue weighted by Gasteiger charge is 2.30. The number of hydrogen-bond donors (Lipinski definition) is 1. The average molecular weight is 353 g/mol. The maximum atomic E-state index is 12.0. The Hall–Kier alpha value is -1.89. The number of hydrogen-bond acceptors (Lipinski definition) is 5. The van der Waals surface area contributed by atoms with Crippen LogP contribution in [-0.4, -0.2) is 43.9 Å². The topological polar surface area (TPSA) is 89.5 Å². The number of amides is 1. The summed E-state index contributed by atoms with van der Waals surface area (Å²) in [6.45, 7) is 3.41. The van der Waals surface area contributed by atoms with E-state index in [0.29, 0.717) is 6.42 Å². The number of carbonyl (C=O) groups is 2. The molecule has 2 rings (SSSR count). The highest BCUT2D eigenvalue weighted by molar-refractivity contribution is 7.91. The Morgan fingerprint density at radius 2 is 1.92 bits per heavy atom. The second-order valence-corrected chi connectivity index (χ2v) is 8.49. The number of esters is 1. The predicted molar refractivity (Wildman–Crippen MR) is 90.2 cm³/mol. The van der Waals surface area contributed by atoms with Crippen LogP contribution in [0.4, 0.5) is 0 Å². The molecule has 1 amide bonds. The highest BCUT2D eigenvalue weighted by Crippen LogP contribution is 2.19. The average Bonchev–Trinajstić information content (AvgIpc) is 2.86. The molecule has 1 heterocycles. The van der Waals surface area contributed by atoms with Crippen molar-refractivity contribution in [2.45, 2.75) is 44.8 Å². The Bertz CT molecular complexity index is 686. The first-order valence-corrected chi connectivity index (χ1v) is 9.84.